The number of nitrogens with two attached hydrogens (primary N) is 1. The van der Waals surface area contributed by atoms with Crippen molar-refractivity contribution < 1.29 is 4.84 Å². The van der Waals surface area contributed by atoms with Crippen LogP contribution >= 0.6 is 0 Å². The van der Waals surface area contributed by atoms with Gasteiger partial charge >= 0.3 is 0 Å². The molecule has 1 aromatic heterocycles. The molecule has 0 unspecified atom stereocenters. The van der Waals surface area contributed by atoms with Gasteiger partial charge in [-0.1, -0.05) is 6.92 Å². The molecule has 0 fully saturated rings. The highest BCUT2D eigenvalue weighted by Gasteiger charge is 1.96. The topological polar surface area (TPSA) is 60.2 Å². The van der Waals surface area contributed by atoms with E-state index in [2.05, 4.69) is 10.5 Å². The molecule has 0 amide bonds. The summed E-state index contributed by atoms with van der Waals surface area (Å²) in [5.41, 5.74) is 8.87. The van der Waals surface area contributed by atoms with Crippen molar-refractivity contribution in [2.24, 2.45) is 0 Å². The molecule has 0 radical (unpaired) electrons. The maximum absolute atomic E-state index is 5.60. The quantitative estimate of drug-likeness (QED) is 0.526. The van der Waals surface area contributed by atoms with Crippen molar-refractivity contribution in [2.75, 3.05) is 17.8 Å². The molecule has 0 aliphatic rings. The van der Waals surface area contributed by atoms with E-state index in [1.54, 1.807) is 18.3 Å². The predicted octanol–water partition coefficient (Wildman–Crippen LogP) is 1.42. The number of nitrogens with one attached hydrogen (secondary N) is 1. The molecule has 0 saturated carbocycles. The number of hydrogen-bond donors (Lipinski definition) is 2. The second-order valence-electron chi connectivity index (χ2n) is 2.39. The molecular formula is C8H13N3O. The Morgan fingerprint density at radius 3 is 3.17 bits per heavy atom. The van der Waals surface area contributed by atoms with E-state index in [9.17, 15) is 0 Å². The molecule has 1 rings (SSSR count). The van der Waals surface area contributed by atoms with Crippen LogP contribution in [0.2, 0.25) is 0 Å². The normalized spacial score (nSPS) is 9.75. The summed E-state index contributed by atoms with van der Waals surface area (Å²) in [6.45, 7) is 2.68. The fraction of sp³-hybridized carbons (Fsp3) is 0.375. The Bertz CT molecular complexity index is 239. The van der Waals surface area contributed by atoms with E-state index < -0.39 is 0 Å². The first-order chi connectivity index (χ1) is 5.84. The zero-order valence-corrected chi connectivity index (χ0v) is 7.08. The summed E-state index contributed by atoms with van der Waals surface area (Å²) in [5, 5.41) is 0. The Hall–Kier alpha value is -1.29. The molecule has 4 nitrogen and oxygen atoms in total. The van der Waals surface area contributed by atoms with Crippen molar-refractivity contribution in [3.05, 3.63) is 18.3 Å². The molecule has 4 heteroatoms. The van der Waals surface area contributed by atoms with Gasteiger partial charge in [0.1, 0.15) is 0 Å². The van der Waals surface area contributed by atoms with Crippen LogP contribution < -0.4 is 11.2 Å². The summed E-state index contributed by atoms with van der Waals surface area (Å²) < 4.78 is 0. The van der Waals surface area contributed by atoms with Gasteiger partial charge in [-0.25, -0.2) is 10.5 Å². The smallest absolute Gasteiger partial charge is 0.173 e. The SMILES string of the molecule is CCCONc1ncccc1N. The maximum Gasteiger partial charge on any atom is 0.173 e. The van der Waals surface area contributed by atoms with E-state index in [1.165, 1.54) is 0 Å². The van der Waals surface area contributed by atoms with Gasteiger partial charge in [-0.05, 0) is 18.6 Å². The van der Waals surface area contributed by atoms with Gasteiger partial charge in [-0.3, -0.25) is 4.84 Å². The molecular weight excluding hydrogens is 154 g/mol. The van der Waals surface area contributed by atoms with Crippen molar-refractivity contribution >= 4 is 11.5 Å². The van der Waals surface area contributed by atoms with Crippen molar-refractivity contribution in [2.45, 2.75) is 13.3 Å². The molecule has 12 heavy (non-hydrogen) atoms. The lowest BCUT2D eigenvalue weighted by atomic mass is 10.4. The minimum absolute atomic E-state index is 0.575. The molecule has 0 aliphatic carbocycles. The van der Waals surface area contributed by atoms with E-state index in [0.29, 0.717) is 18.1 Å². The Kier molecular flexibility index (Phi) is 3.35. The summed E-state index contributed by atoms with van der Waals surface area (Å²) in [6, 6.07) is 3.55. The summed E-state index contributed by atoms with van der Waals surface area (Å²) in [5.74, 6) is 0.575. The standard InChI is InChI=1S/C8H13N3O/c1-2-6-12-11-8-7(9)4-3-5-10-8/h3-5H,2,6,9H2,1H3,(H,10,11). The molecule has 0 aliphatic heterocycles. The Morgan fingerprint density at radius 1 is 1.67 bits per heavy atom. The zero-order valence-electron chi connectivity index (χ0n) is 7.08. The largest absolute Gasteiger partial charge is 0.396 e. The highest BCUT2D eigenvalue weighted by atomic mass is 16.6. The van der Waals surface area contributed by atoms with Crippen LogP contribution in [0.3, 0.4) is 0 Å². The van der Waals surface area contributed by atoms with Crippen molar-refractivity contribution in [1.29, 1.82) is 0 Å². The number of pyridine rings is 1. The molecule has 1 aromatic rings. The molecule has 1 heterocycles. The van der Waals surface area contributed by atoms with Crippen molar-refractivity contribution in [3.8, 4) is 0 Å². The fourth-order valence-electron chi connectivity index (χ4n) is 0.724. The lowest BCUT2D eigenvalue weighted by Crippen LogP contribution is -2.05. The van der Waals surface area contributed by atoms with Crippen LogP contribution in [-0.4, -0.2) is 11.6 Å². The van der Waals surface area contributed by atoms with Crippen LogP contribution in [-0.2, 0) is 4.84 Å². The summed E-state index contributed by atoms with van der Waals surface area (Å²) in [6.07, 6.45) is 2.62. The first kappa shape index (κ1) is 8.80. The minimum Gasteiger partial charge on any atom is -0.396 e. The van der Waals surface area contributed by atoms with Gasteiger partial charge in [0.05, 0.1) is 12.3 Å². The van der Waals surface area contributed by atoms with Crippen LogP contribution in [0.4, 0.5) is 11.5 Å². The number of nitrogen functional groups attached to an aromatic ring is 1. The first-order valence-corrected chi connectivity index (χ1v) is 3.93. The molecule has 0 saturated heterocycles. The third-order valence-electron chi connectivity index (χ3n) is 1.31. The Labute approximate surface area is 71.7 Å². The van der Waals surface area contributed by atoms with Crippen LogP contribution in [0.15, 0.2) is 18.3 Å². The van der Waals surface area contributed by atoms with Gasteiger partial charge in [0, 0.05) is 6.20 Å². The number of hydrogen-bond acceptors (Lipinski definition) is 4. The average Bonchev–Trinajstić information content (AvgIpc) is 2.09. The summed E-state index contributed by atoms with van der Waals surface area (Å²) in [7, 11) is 0. The third-order valence-corrected chi connectivity index (χ3v) is 1.31. The average molecular weight is 167 g/mol. The number of nitrogens with zero attached hydrogens (tertiary/aromatic N) is 1. The molecule has 0 aromatic carbocycles. The van der Waals surface area contributed by atoms with Crippen LogP contribution in [0.25, 0.3) is 0 Å². The molecule has 0 spiro atoms. The lowest BCUT2D eigenvalue weighted by Gasteiger charge is -2.06. The van der Waals surface area contributed by atoms with Crippen molar-refractivity contribution in [1.82, 2.24) is 4.98 Å². The third kappa shape index (κ3) is 2.39. The van der Waals surface area contributed by atoms with E-state index in [1.807, 2.05) is 6.92 Å². The molecule has 3 N–H and O–H groups in total. The van der Waals surface area contributed by atoms with Gasteiger partial charge in [-0.2, -0.15) is 0 Å². The molecule has 0 bridgehead atoms. The van der Waals surface area contributed by atoms with Gasteiger partial charge in [-0.15, -0.1) is 0 Å². The highest BCUT2D eigenvalue weighted by Crippen LogP contribution is 2.12. The van der Waals surface area contributed by atoms with Gasteiger partial charge < -0.3 is 5.73 Å². The number of anilines is 2. The second-order valence-corrected chi connectivity index (χ2v) is 2.39. The second kappa shape index (κ2) is 4.56. The molecule has 0 atom stereocenters. The Morgan fingerprint density at radius 2 is 2.50 bits per heavy atom. The van der Waals surface area contributed by atoms with Crippen LogP contribution in [0.1, 0.15) is 13.3 Å². The van der Waals surface area contributed by atoms with Crippen molar-refractivity contribution in [3.63, 3.8) is 0 Å². The number of aromatic nitrogens is 1. The highest BCUT2D eigenvalue weighted by molar-refractivity contribution is 5.58. The van der Waals surface area contributed by atoms with Gasteiger partial charge in [0.2, 0.25) is 0 Å². The van der Waals surface area contributed by atoms with Crippen LogP contribution in [0, 0.1) is 0 Å². The predicted molar refractivity (Wildman–Crippen MR) is 48.5 cm³/mol. The van der Waals surface area contributed by atoms with E-state index in [0.717, 1.165) is 6.42 Å². The maximum atomic E-state index is 5.60. The zero-order chi connectivity index (χ0) is 8.81. The Balaban J connectivity index is 2.46. The summed E-state index contributed by atoms with van der Waals surface area (Å²) >= 11 is 0. The van der Waals surface area contributed by atoms with Gasteiger partial charge in [0.15, 0.2) is 5.82 Å². The van der Waals surface area contributed by atoms with E-state index in [4.69, 9.17) is 10.6 Å². The van der Waals surface area contributed by atoms with Gasteiger partial charge in [0.25, 0.3) is 0 Å². The monoisotopic (exact) mass is 167 g/mol. The lowest BCUT2D eigenvalue weighted by molar-refractivity contribution is 0.193. The number of rotatable bonds is 4. The van der Waals surface area contributed by atoms with E-state index >= 15 is 0 Å². The van der Waals surface area contributed by atoms with E-state index in [-0.39, 0.29) is 0 Å². The minimum atomic E-state index is 0.575. The van der Waals surface area contributed by atoms with Crippen LogP contribution in [0.5, 0.6) is 0 Å². The summed E-state index contributed by atoms with van der Waals surface area (Å²) in [4.78, 5) is 9.05. The molecule has 66 valence electrons. The first-order valence-electron chi connectivity index (χ1n) is 3.93. The fourth-order valence-corrected chi connectivity index (χ4v) is 0.724.